The van der Waals surface area contributed by atoms with E-state index in [0.717, 1.165) is 13.1 Å². The lowest BCUT2D eigenvalue weighted by Crippen LogP contribution is -2.36. The minimum Gasteiger partial charge on any atom is -0.452 e. The summed E-state index contributed by atoms with van der Waals surface area (Å²) >= 11 is 10.7. The Balaban J connectivity index is 2.30. The van der Waals surface area contributed by atoms with E-state index in [9.17, 15) is 0 Å². The van der Waals surface area contributed by atoms with Gasteiger partial charge in [-0.25, -0.2) is 0 Å². The van der Waals surface area contributed by atoms with Crippen molar-refractivity contribution in [3.8, 4) is 0 Å². The van der Waals surface area contributed by atoms with E-state index in [1.165, 1.54) is 19.3 Å². The second-order valence-electron chi connectivity index (χ2n) is 2.97. The normalized spacial score (nSPS) is 20.3. The molecule has 0 aromatic rings. The van der Waals surface area contributed by atoms with Gasteiger partial charge in [0.1, 0.15) is 0 Å². The van der Waals surface area contributed by atoms with Gasteiger partial charge in [0.2, 0.25) is 0 Å². The minimum atomic E-state index is -0.320. The number of likely N-dealkylation sites (tertiary alicyclic amines) is 1. The zero-order chi connectivity index (χ0) is 8.97. The van der Waals surface area contributed by atoms with Gasteiger partial charge < -0.3 is 9.64 Å². The predicted molar refractivity (Wildman–Crippen MR) is 54.4 cm³/mol. The van der Waals surface area contributed by atoms with Crippen molar-refractivity contribution in [1.82, 2.24) is 4.90 Å². The molecule has 0 aromatic carbocycles. The number of hydrogen-bond acceptors (Lipinski definition) is 2. The zero-order valence-corrected chi connectivity index (χ0v) is 8.83. The number of alkyl halides is 1. The fraction of sp³-hybridized carbons (Fsp3) is 0.875. The largest absolute Gasteiger partial charge is 0.452 e. The quantitative estimate of drug-likeness (QED) is 0.484. The molecule has 0 aromatic heterocycles. The molecule has 2 nitrogen and oxygen atoms in total. The Labute approximate surface area is 83.8 Å². The monoisotopic (exact) mass is 207 g/mol. The first-order valence-corrected chi connectivity index (χ1v) is 5.14. The van der Waals surface area contributed by atoms with Gasteiger partial charge in [-0.1, -0.05) is 11.6 Å². The fourth-order valence-electron chi connectivity index (χ4n) is 1.29. The molecule has 1 aliphatic heterocycles. The van der Waals surface area contributed by atoms with Gasteiger partial charge in [-0.3, -0.25) is 0 Å². The van der Waals surface area contributed by atoms with Crippen LogP contribution in [0.5, 0.6) is 0 Å². The third-order valence-electron chi connectivity index (χ3n) is 1.88. The summed E-state index contributed by atoms with van der Waals surface area (Å²) in [6.45, 7) is 3.81. The van der Waals surface area contributed by atoms with E-state index in [1.807, 2.05) is 0 Å². The van der Waals surface area contributed by atoms with Crippen LogP contribution < -0.4 is 0 Å². The van der Waals surface area contributed by atoms with Crippen LogP contribution in [0.3, 0.4) is 0 Å². The lowest BCUT2D eigenvalue weighted by atomic mass is 10.1. The summed E-state index contributed by atoms with van der Waals surface area (Å²) in [4.78, 5) is 2.08. The van der Waals surface area contributed by atoms with Crippen LogP contribution in [0, 0.1) is 0 Å². The molecule has 0 radical (unpaired) electrons. The van der Waals surface area contributed by atoms with E-state index in [4.69, 9.17) is 28.6 Å². The summed E-state index contributed by atoms with van der Waals surface area (Å²) in [5.41, 5.74) is -0.320. The van der Waals surface area contributed by atoms with Gasteiger partial charge in [0.25, 0.3) is 5.17 Å². The van der Waals surface area contributed by atoms with E-state index < -0.39 is 0 Å². The van der Waals surface area contributed by atoms with Crippen molar-refractivity contribution in [2.24, 2.45) is 0 Å². The maximum atomic E-state index is 5.66. The molecule has 1 unspecified atom stereocenters. The van der Waals surface area contributed by atoms with E-state index in [2.05, 4.69) is 4.90 Å². The highest BCUT2D eigenvalue weighted by Gasteiger charge is 2.15. The van der Waals surface area contributed by atoms with Crippen LogP contribution in [0.1, 0.15) is 26.2 Å². The van der Waals surface area contributed by atoms with E-state index in [-0.39, 0.29) is 5.56 Å². The summed E-state index contributed by atoms with van der Waals surface area (Å²) in [6, 6.07) is 0. The first-order chi connectivity index (χ1) is 5.70. The molecule has 1 heterocycles. The van der Waals surface area contributed by atoms with Gasteiger partial charge in [-0.2, -0.15) is 0 Å². The molecule has 0 N–H and O–H groups in total. The third kappa shape index (κ3) is 3.15. The van der Waals surface area contributed by atoms with Crippen LogP contribution in [0.4, 0.5) is 0 Å². The maximum Gasteiger partial charge on any atom is 0.260 e. The fourth-order valence-corrected chi connectivity index (χ4v) is 1.75. The average Bonchev–Trinajstić information content (AvgIpc) is 2.05. The van der Waals surface area contributed by atoms with E-state index in [1.54, 1.807) is 6.92 Å². The summed E-state index contributed by atoms with van der Waals surface area (Å²) in [5.74, 6) is 0. The Morgan fingerprint density at radius 3 is 2.50 bits per heavy atom. The van der Waals surface area contributed by atoms with Crippen LogP contribution in [-0.4, -0.2) is 28.7 Å². The van der Waals surface area contributed by atoms with Crippen molar-refractivity contribution in [2.75, 3.05) is 13.1 Å². The molecule has 1 atom stereocenters. The molecule has 0 bridgehead atoms. The molecular formula is C8H14ClNOS. The van der Waals surface area contributed by atoms with Crippen molar-refractivity contribution in [1.29, 1.82) is 0 Å². The van der Waals surface area contributed by atoms with Crippen LogP contribution in [0.15, 0.2) is 0 Å². The molecule has 4 heteroatoms. The smallest absolute Gasteiger partial charge is 0.260 e. The molecule has 0 aliphatic carbocycles. The van der Waals surface area contributed by atoms with Crippen LogP contribution >= 0.6 is 23.8 Å². The third-order valence-corrected chi connectivity index (χ3v) is 2.32. The van der Waals surface area contributed by atoms with Crippen LogP contribution in [0.25, 0.3) is 0 Å². The lowest BCUT2D eigenvalue weighted by Gasteiger charge is -2.28. The number of halogens is 1. The SMILES string of the molecule is CC(Cl)OC(=S)N1CCCCC1. The number of piperidine rings is 1. The highest BCUT2D eigenvalue weighted by atomic mass is 35.5. The molecule has 1 rings (SSSR count). The lowest BCUT2D eigenvalue weighted by molar-refractivity contribution is 0.213. The average molecular weight is 208 g/mol. The zero-order valence-electron chi connectivity index (χ0n) is 7.25. The van der Waals surface area contributed by atoms with Gasteiger partial charge >= 0.3 is 0 Å². The van der Waals surface area contributed by atoms with Crippen LogP contribution in [0.2, 0.25) is 0 Å². The molecular weight excluding hydrogens is 194 g/mol. The first kappa shape index (κ1) is 10.1. The van der Waals surface area contributed by atoms with E-state index >= 15 is 0 Å². The predicted octanol–water partition coefficient (Wildman–Crippen LogP) is 2.36. The molecule has 12 heavy (non-hydrogen) atoms. The Morgan fingerprint density at radius 2 is 2.00 bits per heavy atom. The van der Waals surface area contributed by atoms with Gasteiger partial charge in [0.15, 0.2) is 5.56 Å². The van der Waals surface area contributed by atoms with Crippen molar-refractivity contribution in [2.45, 2.75) is 31.7 Å². The number of hydrogen-bond donors (Lipinski definition) is 0. The number of rotatable bonds is 1. The highest BCUT2D eigenvalue weighted by molar-refractivity contribution is 7.80. The topological polar surface area (TPSA) is 12.5 Å². The summed E-state index contributed by atoms with van der Waals surface area (Å²) in [7, 11) is 0. The number of ether oxygens (including phenoxy) is 1. The molecule has 0 amide bonds. The number of nitrogens with zero attached hydrogens (tertiary/aromatic N) is 1. The van der Waals surface area contributed by atoms with Gasteiger partial charge in [-0.05, 0) is 38.4 Å². The molecule has 0 spiro atoms. The summed E-state index contributed by atoms with van der Waals surface area (Å²) in [6.07, 6.45) is 3.72. The van der Waals surface area contributed by atoms with Gasteiger partial charge in [0.05, 0.1) is 0 Å². The number of thiocarbonyl (C=S) groups is 1. The Morgan fingerprint density at radius 1 is 1.42 bits per heavy atom. The van der Waals surface area contributed by atoms with Crippen LogP contribution in [-0.2, 0) is 4.74 Å². The van der Waals surface area contributed by atoms with Crippen molar-refractivity contribution in [3.63, 3.8) is 0 Å². The maximum absolute atomic E-state index is 5.66. The molecule has 70 valence electrons. The standard InChI is InChI=1S/C8H14ClNOS/c1-7(9)11-8(12)10-5-3-2-4-6-10/h7H,2-6H2,1H3. The molecule has 1 fully saturated rings. The van der Waals surface area contributed by atoms with Crippen molar-refractivity contribution >= 4 is 29.0 Å². The van der Waals surface area contributed by atoms with E-state index in [0.29, 0.717) is 5.17 Å². The molecule has 1 saturated heterocycles. The van der Waals surface area contributed by atoms with Gasteiger partial charge in [-0.15, -0.1) is 0 Å². The van der Waals surface area contributed by atoms with Crippen molar-refractivity contribution < 1.29 is 4.74 Å². The van der Waals surface area contributed by atoms with Gasteiger partial charge in [0, 0.05) is 13.1 Å². The summed E-state index contributed by atoms with van der Waals surface area (Å²) in [5, 5.41) is 0.553. The highest BCUT2D eigenvalue weighted by Crippen LogP contribution is 2.11. The molecule has 1 aliphatic rings. The Bertz CT molecular complexity index is 157. The van der Waals surface area contributed by atoms with Crippen molar-refractivity contribution in [3.05, 3.63) is 0 Å². The first-order valence-electron chi connectivity index (χ1n) is 4.30. The second kappa shape index (κ2) is 4.87. The Hall–Kier alpha value is -0.0200. The Kier molecular flexibility index (Phi) is 4.09. The summed E-state index contributed by atoms with van der Waals surface area (Å²) < 4.78 is 5.21. The minimum absolute atomic E-state index is 0.320. The second-order valence-corrected chi connectivity index (χ2v) is 3.94. The molecule has 0 saturated carbocycles.